The van der Waals surface area contributed by atoms with E-state index in [2.05, 4.69) is 6.92 Å². The average Bonchev–Trinajstić information content (AvgIpc) is 2.75. The maximum absolute atomic E-state index is 12.7. The van der Waals surface area contributed by atoms with Crippen molar-refractivity contribution >= 4 is 32.3 Å². The maximum atomic E-state index is 12.7. The summed E-state index contributed by atoms with van der Waals surface area (Å²) in [6, 6.07) is 7.94. The Labute approximate surface area is 121 Å². The maximum Gasteiger partial charge on any atom is 0.263 e. The Kier molecular flexibility index (Phi) is 3.26. The van der Waals surface area contributed by atoms with E-state index in [9.17, 15) is 9.90 Å². The SMILES string of the molecule is CCCCn1c(=O)c2c(O)c(C)sc2c2ccccc21. The van der Waals surface area contributed by atoms with E-state index >= 15 is 0 Å². The molecule has 0 aliphatic carbocycles. The van der Waals surface area contributed by atoms with Gasteiger partial charge in [-0.3, -0.25) is 4.79 Å². The number of aromatic nitrogens is 1. The molecule has 0 aliphatic heterocycles. The molecule has 4 heteroatoms. The number of thiophene rings is 1. The van der Waals surface area contributed by atoms with Crippen molar-refractivity contribution in [3.05, 3.63) is 39.5 Å². The lowest BCUT2D eigenvalue weighted by Crippen LogP contribution is -2.20. The second-order valence-electron chi connectivity index (χ2n) is 5.04. The van der Waals surface area contributed by atoms with Crippen molar-refractivity contribution in [1.82, 2.24) is 4.57 Å². The molecule has 0 unspecified atom stereocenters. The van der Waals surface area contributed by atoms with Crippen molar-refractivity contribution in [1.29, 1.82) is 0 Å². The van der Waals surface area contributed by atoms with E-state index in [0.717, 1.165) is 33.3 Å². The first-order chi connectivity index (χ1) is 9.65. The van der Waals surface area contributed by atoms with Gasteiger partial charge in [0.15, 0.2) is 0 Å². The molecule has 3 aromatic rings. The molecule has 104 valence electrons. The second kappa shape index (κ2) is 4.94. The van der Waals surface area contributed by atoms with Crippen LogP contribution in [-0.4, -0.2) is 9.67 Å². The Balaban J connectivity index is 2.48. The van der Waals surface area contributed by atoms with Gasteiger partial charge in [0.05, 0.1) is 10.2 Å². The number of benzene rings is 1. The zero-order valence-electron chi connectivity index (χ0n) is 11.6. The highest BCUT2D eigenvalue weighted by atomic mass is 32.1. The van der Waals surface area contributed by atoms with Crippen LogP contribution in [0.25, 0.3) is 21.0 Å². The fourth-order valence-corrected chi connectivity index (χ4v) is 3.68. The van der Waals surface area contributed by atoms with E-state index in [0.29, 0.717) is 11.9 Å². The molecule has 0 radical (unpaired) electrons. The molecule has 0 saturated heterocycles. The Hall–Kier alpha value is -1.81. The van der Waals surface area contributed by atoms with Crippen LogP contribution in [0, 0.1) is 6.92 Å². The molecule has 0 saturated carbocycles. The van der Waals surface area contributed by atoms with Crippen molar-refractivity contribution in [2.24, 2.45) is 0 Å². The van der Waals surface area contributed by atoms with Crippen molar-refractivity contribution in [3.63, 3.8) is 0 Å². The van der Waals surface area contributed by atoms with Gasteiger partial charge in [0.1, 0.15) is 11.1 Å². The summed E-state index contributed by atoms with van der Waals surface area (Å²) in [5.74, 6) is 0.144. The summed E-state index contributed by atoms with van der Waals surface area (Å²) in [5, 5.41) is 11.7. The summed E-state index contributed by atoms with van der Waals surface area (Å²) >= 11 is 1.49. The highest BCUT2D eigenvalue weighted by molar-refractivity contribution is 7.20. The Morgan fingerprint density at radius 2 is 2.05 bits per heavy atom. The second-order valence-corrected chi connectivity index (χ2v) is 6.26. The topological polar surface area (TPSA) is 42.2 Å². The summed E-state index contributed by atoms with van der Waals surface area (Å²) < 4.78 is 2.70. The lowest BCUT2D eigenvalue weighted by atomic mass is 10.1. The van der Waals surface area contributed by atoms with Gasteiger partial charge in [-0.2, -0.15) is 0 Å². The van der Waals surface area contributed by atoms with E-state index < -0.39 is 0 Å². The summed E-state index contributed by atoms with van der Waals surface area (Å²) in [5.41, 5.74) is 0.883. The van der Waals surface area contributed by atoms with Crippen LogP contribution in [0.4, 0.5) is 0 Å². The van der Waals surface area contributed by atoms with Crippen LogP contribution in [0.1, 0.15) is 24.6 Å². The zero-order chi connectivity index (χ0) is 14.3. The fraction of sp³-hybridized carbons (Fsp3) is 0.312. The van der Waals surface area contributed by atoms with Crippen LogP contribution in [-0.2, 0) is 6.54 Å². The lowest BCUT2D eigenvalue weighted by Gasteiger charge is -2.10. The number of hydrogen-bond acceptors (Lipinski definition) is 3. The standard InChI is InChI=1S/C16H17NO2S/c1-3-4-9-17-12-8-6-5-7-11(12)15-13(16(17)19)14(18)10(2)20-15/h5-8,18H,3-4,9H2,1-2H3. The third kappa shape index (κ3) is 1.83. The van der Waals surface area contributed by atoms with Crippen LogP contribution >= 0.6 is 11.3 Å². The van der Waals surface area contributed by atoms with Gasteiger partial charge in [-0.25, -0.2) is 0 Å². The minimum absolute atomic E-state index is 0.0750. The smallest absolute Gasteiger partial charge is 0.263 e. The van der Waals surface area contributed by atoms with Crippen molar-refractivity contribution in [2.45, 2.75) is 33.2 Å². The van der Waals surface area contributed by atoms with Crippen molar-refractivity contribution < 1.29 is 5.11 Å². The molecule has 0 spiro atoms. The summed E-state index contributed by atoms with van der Waals surface area (Å²) in [7, 11) is 0. The average molecular weight is 287 g/mol. The van der Waals surface area contributed by atoms with Crippen molar-refractivity contribution in [3.8, 4) is 5.75 Å². The van der Waals surface area contributed by atoms with Gasteiger partial charge in [-0.1, -0.05) is 31.5 Å². The van der Waals surface area contributed by atoms with E-state index in [-0.39, 0.29) is 11.3 Å². The molecule has 20 heavy (non-hydrogen) atoms. The Bertz CT molecular complexity index is 845. The number of fused-ring (bicyclic) bond motifs is 3. The van der Waals surface area contributed by atoms with E-state index in [1.165, 1.54) is 11.3 Å². The van der Waals surface area contributed by atoms with Crippen LogP contribution in [0.2, 0.25) is 0 Å². The predicted molar refractivity (Wildman–Crippen MR) is 84.9 cm³/mol. The molecule has 0 fully saturated rings. The monoisotopic (exact) mass is 287 g/mol. The number of aryl methyl sites for hydroxylation is 2. The predicted octanol–water partition coefficient (Wildman–Crippen LogP) is 4.03. The Morgan fingerprint density at radius 1 is 1.30 bits per heavy atom. The van der Waals surface area contributed by atoms with Gasteiger partial charge in [0.25, 0.3) is 5.56 Å². The van der Waals surface area contributed by atoms with Crippen LogP contribution in [0.3, 0.4) is 0 Å². The molecule has 0 bridgehead atoms. The van der Waals surface area contributed by atoms with E-state index in [4.69, 9.17) is 0 Å². The lowest BCUT2D eigenvalue weighted by molar-refractivity contribution is 0.479. The molecular formula is C16H17NO2S. The van der Waals surface area contributed by atoms with Crippen LogP contribution in [0.15, 0.2) is 29.1 Å². The zero-order valence-corrected chi connectivity index (χ0v) is 12.5. The number of hydrogen-bond donors (Lipinski definition) is 1. The summed E-state index contributed by atoms with van der Waals surface area (Å²) in [6.45, 7) is 4.66. The molecule has 2 aromatic heterocycles. The highest BCUT2D eigenvalue weighted by Crippen LogP contribution is 2.37. The fourth-order valence-electron chi connectivity index (χ4n) is 2.61. The van der Waals surface area contributed by atoms with Gasteiger partial charge in [-0.15, -0.1) is 11.3 Å². The summed E-state index contributed by atoms with van der Waals surface area (Å²) in [4.78, 5) is 13.5. The van der Waals surface area contributed by atoms with Gasteiger partial charge < -0.3 is 9.67 Å². The first-order valence-electron chi connectivity index (χ1n) is 6.88. The minimum atomic E-state index is -0.0750. The number of para-hydroxylation sites is 1. The molecule has 0 amide bonds. The molecular weight excluding hydrogens is 270 g/mol. The first-order valence-corrected chi connectivity index (χ1v) is 7.70. The van der Waals surface area contributed by atoms with Gasteiger partial charge in [-0.05, 0) is 19.4 Å². The number of pyridine rings is 1. The van der Waals surface area contributed by atoms with Crippen molar-refractivity contribution in [2.75, 3.05) is 0 Å². The van der Waals surface area contributed by atoms with E-state index in [1.807, 2.05) is 31.2 Å². The molecule has 1 aromatic carbocycles. The normalized spacial score (nSPS) is 11.5. The van der Waals surface area contributed by atoms with Gasteiger partial charge >= 0.3 is 0 Å². The number of aromatic hydroxyl groups is 1. The number of unbranched alkanes of at least 4 members (excludes halogenated alkanes) is 1. The molecule has 3 rings (SSSR count). The third-order valence-corrected chi connectivity index (χ3v) is 4.81. The van der Waals surface area contributed by atoms with Gasteiger partial charge in [0, 0.05) is 16.8 Å². The molecule has 0 atom stereocenters. The quantitative estimate of drug-likeness (QED) is 0.790. The highest BCUT2D eigenvalue weighted by Gasteiger charge is 2.17. The Morgan fingerprint density at radius 3 is 2.80 bits per heavy atom. The number of nitrogens with zero attached hydrogens (tertiary/aromatic N) is 1. The summed E-state index contributed by atoms with van der Waals surface area (Å²) in [6.07, 6.45) is 1.99. The van der Waals surface area contributed by atoms with Crippen LogP contribution < -0.4 is 5.56 Å². The molecule has 2 heterocycles. The number of rotatable bonds is 3. The first kappa shape index (κ1) is 13.2. The van der Waals surface area contributed by atoms with Gasteiger partial charge in [0.2, 0.25) is 0 Å². The third-order valence-electron chi connectivity index (χ3n) is 3.69. The van der Waals surface area contributed by atoms with E-state index in [1.54, 1.807) is 4.57 Å². The molecule has 3 nitrogen and oxygen atoms in total. The minimum Gasteiger partial charge on any atom is -0.506 e. The van der Waals surface area contributed by atoms with Crippen LogP contribution in [0.5, 0.6) is 5.75 Å². The molecule has 0 aliphatic rings. The molecule has 1 N–H and O–H groups in total. The largest absolute Gasteiger partial charge is 0.506 e.